The van der Waals surface area contributed by atoms with Crippen molar-refractivity contribution >= 4 is 26.8 Å². The van der Waals surface area contributed by atoms with Crippen LogP contribution in [-0.2, 0) is 9.84 Å². The molecule has 6 nitrogen and oxygen atoms in total. The fourth-order valence-electron chi connectivity index (χ4n) is 2.12. The summed E-state index contributed by atoms with van der Waals surface area (Å²) in [6, 6.07) is 13.1. The van der Waals surface area contributed by atoms with Gasteiger partial charge in [0.25, 0.3) is 0 Å². The van der Waals surface area contributed by atoms with Crippen LogP contribution in [0.5, 0.6) is 5.75 Å². The Morgan fingerprint density at radius 1 is 1.04 bits per heavy atom. The largest absolute Gasteiger partial charge is 0.423 e. The maximum Gasteiger partial charge on any atom is 0.343 e. The summed E-state index contributed by atoms with van der Waals surface area (Å²) in [4.78, 5) is 23.5. The minimum Gasteiger partial charge on any atom is -0.423 e. The normalized spacial score (nSPS) is 11.4. The molecule has 0 aliphatic carbocycles. The summed E-state index contributed by atoms with van der Waals surface area (Å²) < 4.78 is 33.3. The van der Waals surface area contributed by atoms with Gasteiger partial charge in [0.1, 0.15) is 11.3 Å². The van der Waals surface area contributed by atoms with Crippen LogP contribution in [0.3, 0.4) is 0 Å². The van der Waals surface area contributed by atoms with E-state index in [1.54, 1.807) is 18.2 Å². The SMILES string of the molecule is CS(=O)(=O)c1cccc(C(=O)Oc2ccc3ccc(=O)oc3c2)c1. The number of rotatable bonds is 3. The molecule has 122 valence electrons. The number of hydrogen-bond donors (Lipinski definition) is 0. The van der Waals surface area contributed by atoms with Gasteiger partial charge in [0, 0.05) is 23.8 Å². The molecular formula is C17H12O6S. The lowest BCUT2D eigenvalue weighted by Crippen LogP contribution is -2.09. The molecule has 24 heavy (non-hydrogen) atoms. The van der Waals surface area contributed by atoms with Crippen LogP contribution in [-0.4, -0.2) is 20.6 Å². The Labute approximate surface area is 137 Å². The molecule has 0 unspecified atom stereocenters. The quantitative estimate of drug-likeness (QED) is 0.412. The Kier molecular flexibility index (Phi) is 3.94. The van der Waals surface area contributed by atoms with E-state index in [9.17, 15) is 18.0 Å². The molecule has 0 atom stereocenters. The fraction of sp³-hybridized carbons (Fsp3) is 0.0588. The van der Waals surface area contributed by atoms with E-state index in [0.717, 1.165) is 6.26 Å². The molecule has 0 N–H and O–H groups in total. The Morgan fingerprint density at radius 2 is 1.79 bits per heavy atom. The number of carbonyl (C=O) groups is 1. The molecule has 0 spiro atoms. The molecule has 0 amide bonds. The number of carbonyl (C=O) groups excluding carboxylic acids is 1. The first-order valence-electron chi connectivity index (χ1n) is 6.89. The van der Waals surface area contributed by atoms with Crippen LogP contribution in [0.25, 0.3) is 11.0 Å². The van der Waals surface area contributed by atoms with Crippen molar-refractivity contribution in [1.29, 1.82) is 0 Å². The predicted molar refractivity (Wildman–Crippen MR) is 87.0 cm³/mol. The zero-order chi connectivity index (χ0) is 17.3. The lowest BCUT2D eigenvalue weighted by atomic mass is 10.2. The van der Waals surface area contributed by atoms with E-state index in [0.29, 0.717) is 5.39 Å². The van der Waals surface area contributed by atoms with Gasteiger partial charge in [-0.1, -0.05) is 6.07 Å². The van der Waals surface area contributed by atoms with Gasteiger partial charge in [0.05, 0.1) is 10.5 Å². The summed E-state index contributed by atoms with van der Waals surface area (Å²) in [5.41, 5.74) is -0.114. The lowest BCUT2D eigenvalue weighted by Gasteiger charge is -2.06. The van der Waals surface area contributed by atoms with Crippen molar-refractivity contribution < 1.29 is 22.4 Å². The average Bonchev–Trinajstić information content (AvgIpc) is 2.54. The number of hydrogen-bond acceptors (Lipinski definition) is 6. The van der Waals surface area contributed by atoms with Crippen molar-refractivity contribution in [3.63, 3.8) is 0 Å². The molecule has 0 saturated heterocycles. The molecule has 0 bridgehead atoms. The Bertz CT molecular complexity index is 1100. The predicted octanol–water partition coefficient (Wildman–Crippen LogP) is 2.42. The van der Waals surface area contributed by atoms with Crippen molar-refractivity contribution in [3.8, 4) is 5.75 Å². The molecule has 7 heteroatoms. The third kappa shape index (κ3) is 3.36. The monoisotopic (exact) mass is 344 g/mol. The first kappa shape index (κ1) is 15.9. The van der Waals surface area contributed by atoms with Gasteiger partial charge < -0.3 is 9.15 Å². The highest BCUT2D eigenvalue weighted by Crippen LogP contribution is 2.21. The summed E-state index contributed by atoms with van der Waals surface area (Å²) in [5, 5.41) is 0.688. The summed E-state index contributed by atoms with van der Waals surface area (Å²) in [5.74, 6) is -0.523. The molecule has 0 aliphatic rings. The summed E-state index contributed by atoms with van der Waals surface area (Å²) in [7, 11) is -3.42. The molecular weight excluding hydrogens is 332 g/mol. The van der Waals surface area contributed by atoms with Gasteiger partial charge in [0.15, 0.2) is 9.84 Å². The van der Waals surface area contributed by atoms with E-state index in [1.807, 2.05) is 0 Å². The lowest BCUT2D eigenvalue weighted by molar-refractivity contribution is 0.0734. The van der Waals surface area contributed by atoms with Crippen LogP contribution in [0.4, 0.5) is 0 Å². The van der Waals surface area contributed by atoms with Crippen molar-refractivity contribution in [2.75, 3.05) is 6.26 Å². The van der Waals surface area contributed by atoms with Gasteiger partial charge in [-0.25, -0.2) is 18.0 Å². The number of esters is 1. The smallest absolute Gasteiger partial charge is 0.343 e. The molecule has 0 saturated carbocycles. The van der Waals surface area contributed by atoms with Crippen LogP contribution in [0, 0.1) is 0 Å². The van der Waals surface area contributed by atoms with Gasteiger partial charge in [0.2, 0.25) is 0 Å². The van der Waals surface area contributed by atoms with E-state index < -0.39 is 21.4 Å². The van der Waals surface area contributed by atoms with Crippen LogP contribution < -0.4 is 10.4 Å². The van der Waals surface area contributed by atoms with E-state index in [4.69, 9.17) is 9.15 Å². The van der Waals surface area contributed by atoms with Gasteiger partial charge in [-0.05, 0) is 36.4 Å². The zero-order valence-electron chi connectivity index (χ0n) is 12.6. The highest BCUT2D eigenvalue weighted by Gasteiger charge is 2.14. The Hall–Kier alpha value is -2.93. The van der Waals surface area contributed by atoms with Gasteiger partial charge in [-0.3, -0.25) is 0 Å². The second kappa shape index (κ2) is 5.93. The maximum atomic E-state index is 12.2. The van der Waals surface area contributed by atoms with Crippen molar-refractivity contribution in [1.82, 2.24) is 0 Å². The standard InChI is InChI=1S/C17H12O6S/c1-24(20,21)14-4-2-3-12(9-14)17(19)22-13-7-5-11-6-8-16(18)23-15(11)10-13/h2-10H,1H3. The van der Waals surface area contributed by atoms with Crippen LogP contribution >= 0.6 is 0 Å². The first-order valence-corrected chi connectivity index (χ1v) is 8.78. The highest BCUT2D eigenvalue weighted by molar-refractivity contribution is 7.90. The zero-order valence-corrected chi connectivity index (χ0v) is 13.4. The Balaban J connectivity index is 1.91. The summed E-state index contributed by atoms with van der Waals surface area (Å²) in [6.45, 7) is 0. The van der Waals surface area contributed by atoms with Crippen LogP contribution in [0.15, 0.2) is 68.7 Å². The Morgan fingerprint density at radius 3 is 2.54 bits per heavy atom. The van der Waals surface area contributed by atoms with E-state index >= 15 is 0 Å². The molecule has 0 aliphatic heterocycles. The molecule has 3 aromatic rings. The molecule has 2 aromatic carbocycles. The van der Waals surface area contributed by atoms with E-state index in [2.05, 4.69) is 0 Å². The number of ether oxygens (including phenoxy) is 1. The minimum absolute atomic E-state index is 0.0291. The van der Waals surface area contributed by atoms with Crippen LogP contribution in [0.1, 0.15) is 10.4 Å². The van der Waals surface area contributed by atoms with Gasteiger partial charge in [-0.15, -0.1) is 0 Å². The second-order valence-corrected chi connectivity index (χ2v) is 7.16. The molecule has 3 rings (SSSR count). The minimum atomic E-state index is -3.42. The maximum absolute atomic E-state index is 12.2. The van der Waals surface area contributed by atoms with Crippen molar-refractivity contribution in [2.24, 2.45) is 0 Å². The summed E-state index contributed by atoms with van der Waals surface area (Å²) in [6.07, 6.45) is 1.06. The summed E-state index contributed by atoms with van der Waals surface area (Å²) >= 11 is 0. The van der Waals surface area contributed by atoms with Gasteiger partial charge >= 0.3 is 11.6 Å². The molecule has 0 fully saturated rings. The fourth-order valence-corrected chi connectivity index (χ4v) is 2.79. The average molecular weight is 344 g/mol. The van der Waals surface area contributed by atoms with Crippen molar-refractivity contribution in [2.45, 2.75) is 4.90 Å². The van der Waals surface area contributed by atoms with Crippen LogP contribution in [0.2, 0.25) is 0 Å². The first-order chi connectivity index (χ1) is 11.3. The number of fused-ring (bicyclic) bond motifs is 1. The third-order valence-corrected chi connectivity index (χ3v) is 4.41. The second-order valence-electron chi connectivity index (χ2n) is 5.14. The van der Waals surface area contributed by atoms with Crippen molar-refractivity contribution in [3.05, 3.63) is 70.6 Å². The molecule has 0 radical (unpaired) electrons. The van der Waals surface area contributed by atoms with E-state index in [-0.39, 0.29) is 21.8 Å². The molecule has 1 heterocycles. The topological polar surface area (TPSA) is 90.6 Å². The molecule has 1 aromatic heterocycles. The number of sulfone groups is 1. The highest BCUT2D eigenvalue weighted by atomic mass is 32.2. The third-order valence-electron chi connectivity index (χ3n) is 3.30. The van der Waals surface area contributed by atoms with E-state index in [1.165, 1.54) is 36.4 Å². The van der Waals surface area contributed by atoms with Gasteiger partial charge in [-0.2, -0.15) is 0 Å². The number of benzene rings is 2.